The van der Waals surface area contributed by atoms with Gasteiger partial charge in [-0.05, 0) is 44.4 Å². The summed E-state index contributed by atoms with van der Waals surface area (Å²) >= 11 is 1.69. The monoisotopic (exact) mass is 345 g/mol. The van der Waals surface area contributed by atoms with Crippen LogP contribution in [0.25, 0.3) is 0 Å². The molecule has 0 saturated heterocycles. The van der Waals surface area contributed by atoms with Crippen molar-refractivity contribution in [1.29, 1.82) is 0 Å². The van der Waals surface area contributed by atoms with E-state index in [-0.39, 0.29) is 12.1 Å². The van der Waals surface area contributed by atoms with E-state index in [4.69, 9.17) is 4.74 Å². The van der Waals surface area contributed by atoms with Gasteiger partial charge in [-0.15, -0.1) is 11.3 Å². The summed E-state index contributed by atoms with van der Waals surface area (Å²) < 4.78 is 5.50. The maximum absolute atomic E-state index is 12.1. The summed E-state index contributed by atoms with van der Waals surface area (Å²) in [6.07, 6.45) is 2.50. The quantitative estimate of drug-likeness (QED) is 0.798. The number of carbonyl (C=O) groups excluding carboxylic acids is 1. The van der Waals surface area contributed by atoms with Crippen LogP contribution < -0.4 is 15.4 Å². The van der Waals surface area contributed by atoms with Crippen LogP contribution >= 0.6 is 11.3 Å². The Labute approximate surface area is 146 Å². The van der Waals surface area contributed by atoms with Gasteiger partial charge >= 0.3 is 6.03 Å². The van der Waals surface area contributed by atoms with Crippen molar-refractivity contribution >= 4 is 17.4 Å². The zero-order valence-corrected chi connectivity index (χ0v) is 14.9. The number of nitrogens with zero attached hydrogens (tertiary/aromatic N) is 1. The fourth-order valence-corrected chi connectivity index (χ4v) is 3.45. The third-order valence-corrected chi connectivity index (χ3v) is 5.00. The molecule has 1 fully saturated rings. The van der Waals surface area contributed by atoms with E-state index in [1.165, 1.54) is 17.8 Å². The van der Waals surface area contributed by atoms with Gasteiger partial charge < -0.3 is 15.4 Å². The smallest absolute Gasteiger partial charge is 0.315 e. The number of rotatable bonds is 7. The van der Waals surface area contributed by atoms with Gasteiger partial charge in [0.1, 0.15) is 5.75 Å². The Morgan fingerprint density at radius 1 is 1.46 bits per heavy atom. The second-order valence-electron chi connectivity index (χ2n) is 6.01. The van der Waals surface area contributed by atoms with Crippen molar-refractivity contribution in [3.05, 3.63) is 45.9 Å². The molecule has 0 radical (unpaired) electrons. The fraction of sp³-hybridized carbons (Fsp3) is 0.444. The molecule has 1 aliphatic carbocycles. The van der Waals surface area contributed by atoms with Crippen LogP contribution in [0.3, 0.4) is 0 Å². The molecule has 0 bridgehead atoms. The minimum absolute atomic E-state index is 0.0946. The molecule has 2 N–H and O–H groups in total. The molecule has 0 aliphatic heterocycles. The minimum atomic E-state index is -0.190. The Bertz CT molecular complexity index is 697. The molecule has 5 nitrogen and oxygen atoms in total. The average molecular weight is 345 g/mol. The Balaban J connectivity index is 1.49. The van der Waals surface area contributed by atoms with E-state index in [9.17, 15) is 4.79 Å². The number of ether oxygens (including phenoxy) is 1. The topological polar surface area (TPSA) is 63.2 Å². The predicted octanol–water partition coefficient (Wildman–Crippen LogP) is 3.98. The van der Waals surface area contributed by atoms with Crippen molar-refractivity contribution in [2.45, 2.75) is 45.2 Å². The van der Waals surface area contributed by atoms with Crippen molar-refractivity contribution in [3.8, 4) is 5.75 Å². The molecule has 1 aromatic heterocycles. The van der Waals surface area contributed by atoms with Crippen molar-refractivity contribution in [3.63, 3.8) is 0 Å². The number of aromatic nitrogens is 1. The van der Waals surface area contributed by atoms with Crippen LogP contribution in [0.1, 0.15) is 54.9 Å². The Hall–Kier alpha value is -2.08. The molecule has 6 heteroatoms. The molecule has 1 unspecified atom stereocenters. The standard InChI is InChI=1S/C18H23N3O2S/c1-3-23-16-6-4-5-14(9-16)12(2)20-18(22)19-10-15-11-24-17(21-15)13-7-8-13/h4-6,9,11-13H,3,7-8,10H2,1-2H3,(H2,19,20,22). The van der Waals surface area contributed by atoms with Gasteiger partial charge in [0.2, 0.25) is 0 Å². The van der Waals surface area contributed by atoms with E-state index in [1.807, 2.05) is 43.5 Å². The molecule has 1 heterocycles. The molecule has 1 aliphatic rings. The van der Waals surface area contributed by atoms with Gasteiger partial charge in [0.15, 0.2) is 0 Å². The summed E-state index contributed by atoms with van der Waals surface area (Å²) in [4.78, 5) is 16.7. The van der Waals surface area contributed by atoms with Crippen LogP contribution in [0.5, 0.6) is 5.75 Å². The minimum Gasteiger partial charge on any atom is -0.494 e. The summed E-state index contributed by atoms with van der Waals surface area (Å²) in [5, 5.41) is 9.06. The van der Waals surface area contributed by atoms with Gasteiger partial charge in [0.25, 0.3) is 0 Å². The first-order chi connectivity index (χ1) is 11.7. The third-order valence-electron chi connectivity index (χ3n) is 3.94. The number of carbonyl (C=O) groups is 1. The van der Waals surface area contributed by atoms with E-state index in [1.54, 1.807) is 11.3 Å². The van der Waals surface area contributed by atoms with Gasteiger partial charge in [0.05, 0.1) is 29.9 Å². The first-order valence-electron chi connectivity index (χ1n) is 8.37. The molecular weight excluding hydrogens is 322 g/mol. The molecule has 2 amide bonds. The lowest BCUT2D eigenvalue weighted by Crippen LogP contribution is -2.36. The number of thiazole rings is 1. The van der Waals surface area contributed by atoms with Crippen LogP contribution in [0, 0.1) is 0 Å². The van der Waals surface area contributed by atoms with Crippen LogP contribution in [0.15, 0.2) is 29.6 Å². The fourth-order valence-electron chi connectivity index (χ4n) is 2.46. The van der Waals surface area contributed by atoms with E-state index >= 15 is 0 Å². The molecule has 1 saturated carbocycles. The summed E-state index contributed by atoms with van der Waals surface area (Å²) in [7, 11) is 0. The van der Waals surface area contributed by atoms with E-state index in [0.29, 0.717) is 19.1 Å². The number of amides is 2. The molecule has 1 aromatic carbocycles. The lowest BCUT2D eigenvalue weighted by Gasteiger charge is -2.15. The maximum atomic E-state index is 12.1. The van der Waals surface area contributed by atoms with Gasteiger partial charge in [-0.25, -0.2) is 9.78 Å². The normalized spacial score (nSPS) is 14.9. The highest BCUT2D eigenvalue weighted by Gasteiger charge is 2.26. The molecule has 3 rings (SSSR count). The molecule has 2 aromatic rings. The number of hydrogen-bond donors (Lipinski definition) is 2. The Kier molecular flexibility index (Phi) is 5.35. The average Bonchev–Trinajstić information content (AvgIpc) is 3.32. The van der Waals surface area contributed by atoms with E-state index in [2.05, 4.69) is 15.6 Å². The highest BCUT2D eigenvalue weighted by atomic mass is 32.1. The van der Waals surface area contributed by atoms with Gasteiger partial charge in [-0.2, -0.15) is 0 Å². The lowest BCUT2D eigenvalue weighted by molar-refractivity contribution is 0.237. The van der Waals surface area contributed by atoms with E-state index < -0.39 is 0 Å². The summed E-state index contributed by atoms with van der Waals surface area (Å²) in [5.74, 6) is 1.48. The maximum Gasteiger partial charge on any atom is 0.315 e. The number of urea groups is 1. The third kappa shape index (κ3) is 4.47. The van der Waals surface area contributed by atoms with Crippen molar-refractivity contribution in [2.24, 2.45) is 0 Å². The van der Waals surface area contributed by atoms with Crippen LogP contribution in [-0.4, -0.2) is 17.6 Å². The SMILES string of the molecule is CCOc1cccc(C(C)NC(=O)NCc2csc(C3CC3)n2)c1. The zero-order chi connectivity index (χ0) is 16.9. The predicted molar refractivity (Wildman–Crippen MR) is 95.5 cm³/mol. The van der Waals surface area contributed by atoms with Crippen molar-refractivity contribution in [1.82, 2.24) is 15.6 Å². The Morgan fingerprint density at radius 3 is 3.04 bits per heavy atom. The largest absolute Gasteiger partial charge is 0.494 e. The van der Waals surface area contributed by atoms with Crippen molar-refractivity contribution in [2.75, 3.05) is 6.61 Å². The molecule has 1 atom stereocenters. The van der Waals surface area contributed by atoms with Crippen molar-refractivity contribution < 1.29 is 9.53 Å². The highest BCUT2D eigenvalue weighted by molar-refractivity contribution is 7.09. The number of benzene rings is 1. The molecule has 24 heavy (non-hydrogen) atoms. The summed E-state index contributed by atoms with van der Waals surface area (Å²) in [6.45, 7) is 5.00. The van der Waals surface area contributed by atoms with Gasteiger partial charge in [0, 0.05) is 11.3 Å². The lowest BCUT2D eigenvalue weighted by atomic mass is 10.1. The Morgan fingerprint density at radius 2 is 2.29 bits per heavy atom. The molecular formula is C18H23N3O2S. The van der Waals surface area contributed by atoms with Crippen LogP contribution in [-0.2, 0) is 6.54 Å². The highest BCUT2D eigenvalue weighted by Crippen LogP contribution is 2.41. The zero-order valence-electron chi connectivity index (χ0n) is 14.0. The van der Waals surface area contributed by atoms with Gasteiger partial charge in [-0.1, -0.05) is 12.1 Å². The first kappa shape index (κ1) is 16.8. The van der Waals surface area contributed by atoms with Crippen LogP contribution in [0.2, 0.25) is 0 Å². The van der Waals surface area contributed by atoms with E-state index in [0.717, 1.165) is 17.0 Å². The molecule has 128 valence electrons. The van der Waals surface area contributed by atoms with Gasteiger partial charge in [-0.3, -0.25) is 0 Å². The second kappa shape index (κ2) is 7.66. The second-order valence-corrected chi connectivity index (χ2v) is 6.90. The first-order valence-corrected chi connectivity index (χ1v) is 9.25. The number of nitrogens with one attached hydrogen (secondary N) is 2. The number of hydrogen-bond acceptors (Lipinski definition) is 4. The molecule has 0 spiro atoms. The summed E-state index contributed by atoms with van der Waals surface area (Å²) in [5.41, 5.74) is 1.95. The summed E-state index contributed by atoms with van der Waals surface area (Å²) in [6, 6.07) is 7.50. The van der Waals surface area contributed by atoms with Crippen LogP contribution in [0.4, 0.5) is 4.79 Å².